The van der Waals surface area contributed by atoms with Crippen LogP contribution in [-0.2, 0) is 0 Å². The summed E-state index contributed by atoms with van der Waals surface area (Å²) in [6.07, 6.45) is 7.82. The Kier molecular flexibility index (Phi) is 2.69. The molecular weight excluding hydrogens is 232 g/mol. The topological polar surface area (TPSA) is 38.0 Å². The van der Waals surface area contributed by atoms with E-state index in [0.717, 1.165) is 17.3 Å². The molecule has 3 nitrogen and oxygen atoms in total. The van der Waals surface area contributed by atoms with Crippen molar-refractivity contribution < 1.29 is 5.11 Å². The third-order valence-electron chi connectivity index (χ3n) is 2.66. The molecule has 1 saturated carbocycles. The fourth-order valence-electron chi connectivity index (χ4n) is 1.93. The lowest BCUT2D eigenvalue weighted by Crippen LogP contribution is -2.16. The first-order valence-corrected chi connectivity index (χ1v) is 5.44. The number of rotatable bonds is 2. The minimum absolute atomic E-state index is 0.395. The van der Waals surface area contributed by atoms with Crippen LogP contribution in [0.25, 0.3) is 0 Å². The van der Waals surface area contributed by atoms with E-state index in [0.29, 0.717) is 5.92 Å². The summed E-state index contributed by atoms with van der Waals surface area (Å²) < 4.78 is 2.56. The number of nitrogens with zero attached hydrogens (tertiary/aromatic N) is 2. The Morgan fingerprint density at radius 3 is 2.77 bits per heavy atom. The first-order chi connectivity index (χ1) is 6.27. The molecule has 0 aromatic carbocycles. The predicted molar refractivity (Wildman–Crippen MR) is 53.1 cm³/mol. The van der Waals surface area contributed by atoms with Crippen LogP contribution in [0.3, 0.4) is 0 Å². The molecule has 1 aromatic heterocycles. The third kappa shape index (κ3) is 1.94. The van der Waals surface area contributed by atoms with Gasteiger partial charge in [0, 0.05) is 12.1 Å². The van der Waals surface area contributed by atoms with Crippen LogP contribution in [0.1, 0.15) is 31.9 Å². The molecule has 0 aliphatic heterocycles. The predicted octanol–water partition coefficient (Wildman–Crippen LogP) is 2.33. The molecule has 1 aliphatic carbocycles. The maximum Gasteiger partial charge on any atom is 0.149 e. The average molecular weight is 245 g/mol. The highest BCUT2D eigenvalue weighted by atomic mass is 79.9. The zero-order valence-electron chi connectivity index (χ0n) is 7.36. The van der Waals surface area contributed by atoms with E-state index >= 15 is 0 Å². The van der Waals surface area contributed by atoms with E-state index < -0.39 is 6.23 Å². The van der Waals surface area contributed by atoms with Crippen molar-refractivity contribution in [3.05, 3.63) is 16.9 Å². The Bertz CT molecular complexity index is 281. The van der Waals surface area contributed by atoms with E-state index in [1.165, 1.54) is 12.8 Å². The van der Waals surface area contributed by atoms with Gasteiger partial charge >= 0.3 is 0 Å². The maximum absolute atomic E-state index is 9.91. The van der Waals surface area contributed by atoms with Crippen LogP contribution in [0.4, 0.5) is 0 Å². The summed E-state index contributed by atoms with van der Waals surface area (Å²) in [5.74, 6) is 0.395. The number of hydrogen-bond acceptors (Lipinski definition) is 2. The van der Waals surface area contributed by atoms with Crippen molar-refractivity contribution in [1.82, 2.24) is 9.78 Å². The first-order valence-electron chi connectivity index (χ1n) is 4.65. The van der Waals surface area contributed by atoms with Crippen molar-refractivity contribution in [3.63, 3.8) is 0 Å². The lowest BCUT2D eigenvalue weighted by atomic mass is 10.1. The summed E-state index contributed by atoms with van der Waals surface area (Å²) >= 11 is 3.31. The van der Waals surface area contributed by atoms with E-state index in [4.69, 9.17) is 0 Å². The van der Waals surface area contributed by atoms with Crippen LogP contribution in [0, 0.1) is 5.92 Å². The van der Waals surface area contributed by atoms with Crippen molar-refractivity contribution in [1.29, 1.82) is 0 Å². The van der Waals surface area contributed by atoms with Gasteiger partial charge < -0.3 is 5.11 Å². The van der Waals surface area contributed by atoms with Gasteiger partial charge in [-0.25, -0.2) is 4.68 Å². The lowest BCUT2D eigenvalue weighted by Gasteiger charge is -2.17. The maximum atomic E-state index is 9.91. The Morgan fingerprint density at radius 1 is 1.54 bits per heavy atom. The minimum Gasteiger partial charge on any atom is -0.371 e. The van der Waals surface area contributed by atoms with Gasteiger partial charge in [-0.05, 0) is 28.8 Å². The van der Waals surface area contributed by atoms with Crippen LogP contribution < -0.4 is 0 Å². The Balaban J connectivity index is 2.07. The standard InChI is InChI=1S/C9H13BrN2O/c10-8-5-11-12(6-8)9(13)7-3-1-2-4-7/h5-7,9,13H,1-4H2. The quantitative estimate of drug-likeness (QED) is 0.868. The average Bonchev–Trinajstić information content (AvgIpc) is 2.72. The van der Waals surface area contributed by atoms with E-state index in [2.05, 4.69) is 21.0 Å². The highest BCUT2D eigenvalue weighted by Gasteiger charge is 2.24. The largest absolute Gasteiger partial charge is 0.371 e. The van der Waals surface area contributed by atoms with Gasteiger partial charge in [0.15, 0.2) is 0 Å². The molecule has 72 valence electrons. The molecule has 0 saturated heterocycles. The van der Waals surface area contributed by atoms with Gasteiger partial charge in [0.25, 0.3) is 0 Å². The first kappa shape index (κ1) is 9.21. The summed E-state index contributed by atoms with van der Waals surface area (Å²) in [7, 11) is 0. The highest BCUT2D eigenvalue weighted by molar-refractivity contribution is 9.10. The normalized spacial score (nSPS) is 20.8. The smallest absolute Gasteiger partial charge is 0.149 e. The summed E-state index contributed by atoms with van der Waals surface area (Å²) in [6.45, 7) is 0. The fourth-order valence-corrected chi connectivity index (χ4v) is 2.23. The lowest BCUT2D eigenvalue weighted by molar-refractivity contribution is 0.0325. The van der Waals surface area contributed by atoms with E-state index in [-0.39, 0.29) is 0 Å². The minimum atomic E-state index is -0.436. The number of hydrogen-bond donors (Lipinski definition) is 1. The van der Waals surface area contributed by atoms with Gasteiger partial charge in [0.1, 0.15) is 6.23 Å². The van der Waals surface area contributed by atoms with Gasteiger partial charge in [0.2, 0.25) is 0 Å². The van der Waals surface area contributed by atoms with E-state index in [9.17, 15) is 5.11 Å². The molecule has 4 heteroatoms. The molecular formula is C9H13BrN2O. The van der Waals surface area contributed by atoms with Crippen molar-refractivity contribution in [2.24, 2.45) is 5.92 Å². The molecule has 13 heavy (non-hydrogen) atoms. The number of aromatic nitrogens is 2. The molecule has 1 atom stereocenters. The molecule has 0 amide bonds. The van der Waals surface area contributed by atoms with Crippen LogP contribution in [0.5, 0.6) is 0 Å². The van der Waals surface area contributed by atoms with Gasteiger partial charge in [-0.1, -0.05) is 12.8 Å². The number of aliphatic hydroxyl groups excluding tert-OH is 1. The molecule has 1 fully saturated rings. The van der Waals surface area contributed by atoms with Gasteiger partial charge in [0.05, 0.1) is 10.7 Å². The fraction of sp³-hybridized carbons (Fsp3) is 0.667. The van der Waals surface area contributed by atoms with Crippen molar-refractivity contribution in [2.75, 3.05) is 0 Å². The number of aliphatic hydroxyl groups is 1. The molecule has 1 unspecified atom stereocenters. The van der Waals surface area contributed by atoms with Crippen LogP contribution in [0.2, 0.25) is 0 Å². The zero-order valence-corrected chi connectivity index (χ0v) is 8.94. The molecule has 0 spiro atoms. The Labute approximate surface area is 85.9 Å². The zero-order chi connectivity index (χ0) is 9.26. The summed E-state index contributed by atoms with van der Waals surface area (Å²) in [6, 6.07) is 0. The van der Waals surface area contributed by atoms with Crippen LogP contribution in [0.15, 0.2) is 16.9 Å². The van der Waals surface area contributed by atoms with E-state index in [1.54, 1.807) is 10.9 Å². The second-order valence-corrected chi connectivity index (χ2v) is 4.51. The monoisotopic (exact) mass is 244 g/mol. The third-order valence-corrected chi connectivity index (χ3v) is 3.07. The molecule has 2 rings (SSSR count). The molecule has 0 bridgehead atoms. The number of halogens is 1. The van der Waals surface area contributed by atoms with Gasteiger partial charge in [-0.2, -0.15) is 5.10 Å². The summed E-state index contributed by atoms with van der Waals surface area (Å²) in [5, 5.41) is 14.0. The van der Waals surface area contributed by atoms with Gasteiger partial charge in [-0.15, -0.1) is 0 Å². The Hall–Kier alpha value is -0.350. The van der Waals surface area contributed by atoms with Crippen molar-refractivity contribution >= 4 is 15.9 Å². The molecule has 0 radical (unpaired) electrons. The second-order valence-electron chi connectivity index (χ2n) is 3.60. The van der Waals surface area contributed by atoms with Gasteiger partial charge in [-0.3, -0.25) is 0 Å². The Morgan fingerprint density at radius 2 is 2.23 bits per heavy atom. The second kappa shape index (κ2) is 3.80. The molecule has 1 N–H and O–H groups in total. The SMILES string of the molecule is OC(C1CCCC1)n1cc(Br)cn1. The van der Waals surface area contributed by atoms with Crippen LogP contribution in [-0.4, -0.2) is 14.9 Å². The molecule has 1 aliphatic rings. The molecule has 1 heterocycles. The van der Waals surface area contributed by atoms with Crippen LogP contribution >= 0.6 is 15.9 Å². The highest BCUT2D eigenvalue weighted by Crippen LogP contribution is 2.32. The van der Waals surface area contributed by atoms with E-state index in [1.807, 2.05) is 6.20 Å². The summed E-state index contributed by atoms with van der Waals surface area (Å²) in [5.41, 5.74) is 0. The molecule has 1 aromatic rings. The summed E-state index contributed by atoms with van der Waals surface area (Å²) in [4.78, 5) is 0. The van der Waals surface area contributed by atoms with Crippen molar-refractivity contribution in [2.45, 2.75) is 31.9 Å². The van der Waals surface area contributed by atoms with Crippen molar-refractivity contribution in [3.8, 4) is 0 Å².